The van der Waals surface area contributed by atoms with Crippen LogP contribution in [0.15, 0.2) is 18.2 Å². The molecule has 1 aromatic rings. The van der Waals surface area contributed by atoms with Crippen LogP contribution in [0, 0.1) is 0 Å². The summed E-state index contributed by atoms with van der Waals surface area (Å²) in [6.45, 7) is 11.3. The summed E-state index contributed by atoms with van der Waals surface area (Å²) in [6, 6.07) is 6.04. The van der Waals surface area contributed by atoms with E-state index < -0.39 is 0 Å². The van der Waals surface area contributed by atoms with Crippen molar-refractivity contribution in [3.8, 4) is 5.75 Å². The number of nitrogens with zero attached hydrogens (tertiary/aromatic N) is 2. The highest BCUT2D eigenvalue weighted by Crippen LogP contribution is 2.35. The first-order valence-electron chi connectivity index (χ1n) is 7.50. The smallest absolute Gasteiger partial charge is 0.139 e. The molecular weight excluding hydrogens is 284 g/mol. The molecule has 0 saturated carbocycles. The normalized spacial score (nSPS) is 22.0. The Hall–Kier alpha value is -0.930. The lowest BCUT2D eigenvalue weighted by Gasteiger charge is -2.44. The first-order valence-corrected chi connectivity index (χ1v) is 7.87. The Morgan fingerprint density at radius 1 is 1.14 bits per heavy atom. The Bertz CT molecular complexity index is 514. The monoisotopic (exact) mass is 310 g/mol. The molecule has 0 aromatic heterocycles. The molecule has 21 heavy (non-hydrogen) atoms. The number of halogens is 1. The van der Waals surface area contributed by atoms with Crippen LogP contribution in [0.1, 0.15) is 34.1 Å². The molecule has 118 valence electrons. The predicted octanol–water partition coefficient (Wildman–Crippen LogP) is 4.05. The molecular formula is C17H27ClN2O. The Balaban J connectivity index is 2.33. The highest BCUT2D eigenvalue weighted by Gasteiger charge is 2.39. The van der Waals surface area contributed by atoms with Gasteiger partial charge in [0.1, 0.15) is 5.75 Å². The summed E-state index contributed by atoms with van der Waals surface area (Å²) >= 11 is 6.14. The van der Waals surface area contributed by atoms with Gasteiger partial charge in [-0.1, -0.05) is 11.6 Å². The van der Waals surface area contributed by atoms with Gasteiger partial charge in [0.15, 0.2) is 0 Å². The summed E-state index contributed by atoms with van der Waals surface area (Å²) in [5, 5.41) is 0.660. The molecule has 0 spiro atoms. The van der Waals surface area contributed by atoms with Gasteiger partial charge in [0, 0.05) is 35.9 Å². The zero-order chi connectivity index (χ0) is 15.8. The highest BCUT2D eigenvalue weighted by molar-refractivity contribution is 6.32. The quantitative estimate of drug-likeness (QED) is 0.819. The molecule has 1 aliphatic rings. The number of hydrogen-bond donors (Lipinski definition) is 0. The third-order valence-electron chi connectivity index (χ3n) is 4.89. The molecule has 0 radical (unpaired) electrons. The Labute approximate surface area is 133 Å². The van der Waals surface area contributed by atoms with Crippen LogP contribution in [-0.2, 0) is 0 Å². The summed E-state index contributed by atoms with van der Waals surface area (Å²) in [6.07, 6.45) is 1.12. The molecule has 1 heterocycles. The number of rotatable bonds is 2. The summed E-state index contributed by atoms with van der Waals surface area (Å²) in [4.78, 5) is 4.93. The second-order valence-corrected chi connectivity index (χ2v) is 7.58. The second-order valence-electron chi connectivity index (χ2n) is 7.17. The van der Waals surface area contributed by atoms with Gasteiger partial charge in [-0.25, -0.2) is 0 Å². The first kappa shape index (κ1) is 16.4. The third kappa shape index (κ3) is 3.29. The standard InChI is InChI=1S/C17H27ClN2O/c1-16(2)9-10-20(12-17(3,4)19(16)5)13-7-8-14(18)15(11-13)21-6/h7-8,11H,9-10,12H2,1-6H3. The molecule has 2 rings (SSSR count). The van der Waals surface area contributed by atoms with Crippen molar-refractivity contribution in [3.63, 3.8) is 0 Å². The number of anilines is 1. The topological polar surface area (TPSA) is 15.7 Å². The lowest BCUT2D eigenvalue weighted by atomic mass is 9.93. The van der Waals surface area contributed by atoms with Crippen LogP contribution in [0.3, 0.4) is 0 Å². The number of benzene rings is 1. The van der Waals surface area contributed by atoms with E-state index in [0.29, 0.717) is 5.02 Å². The molecule has 0 N–H and O–H groups in total. The molecule has 0 bridgehead atoms. The second kappa shape index (κ2) is 5.69. The largest absolute Gasteiger partial charge is 0.495 e. The molecule has 1 saturated heterocycles. The molecule has 0 unspecified atom stereocenters. The molecule has 0 atom stereocenters. The first-order chi connectivity index (χ1) is 9.67. The number of methoxy groups -OCH3 is 1. The maximum absolute atomic E-state index is 6.14. The predicted molar refractivity (Wildman–Crippen MR) is 90.8 cm³/mol. The fourth-order valence-electron chi connectivity index (χ4n) is 3.11. The maximum atomic E-state index is 6.14. The molecule has 0 aliphatic carbocycles. The van der Waals surface area contributed by atoms with E-state index in [4.69, 9.17) is 16.3 Å². The van der Waals surface area contributed by atoms with Gasteiger partial charge in [0.05, 0.1) is 12.1 Å². The Morgan fingerprint density at radius 3 is 2.43 bits per heavy atom. The lowest BCUT2D eigenvalue weighted by Crippen LogP contribution is -2.54. The minimum atomic E-state index is 0.104. The van der Waals surface area contributed by atoms with Gasteiger partial charge in [-0.3, -0.25) is 4.90 Å². The molecule has 4 heteroatoms. The van der Waals surface area contributed by atoms with Crippen LogP contribution in [-0.4, -0.2) is 43.2 Å². The van der Waals surface area contributed by atoms with Crippen LogP contribution in [0.2, 0.25) is 5.02 Å². The Kier molecular flexibility index (Phi) is 4.46. The number of ether oxygens (including phenoxy) is 1. The maximum Gasteiger partial charge on any atom is 0.139 e. The summed E-state index contributed by atoms with van der Waals surface area (Å²) < 4.78 is 5.35. The van der Waals surface area contributed by atoms with Gasteiger partial charge in [-0.15, -0.1) is 0 Å². The molecule has 1 aromatic carbocycles. The fraction of sp³-hybridized carbons (Fsp3) is 0.647. The van der Waals surface area contributed by atoms with E-state index in [-0.39, 0.29) is 11.1 Å². The van der Waals surface area contributed by atoms with Crippen LogP contribution in [0.4, 0.5) is 5.69 Å². The number of likely N-dealkylation sites (N-methyl/N-ethyl adjacent to an activating group) is 1. The average Bonchev–Trinajstić information content (AvgIpc) is 2.50. The van der Waals surface area contributed by atoms with Gasteiger partial charge >= 0.3 is 0 Å². The van der Waals surface area contributed by atoms with Crippen molar-refractivity contribution in [1.82, 2.24) is 4.90 Å². The van der Waals surface area contributed by atoms with Crippen molar-refractivity contribution in [1.29, 1.82) is 0 Å². The van der Waals surface area contributed by atoms with E-state index >= 15 is 0 Å². The van der Waals surface area contributed by atoms with Crippen molar-refractivity contribution in [2.75, 3.05) is 32.1 Å². The van der Waals surface area contributed by atoms with Crippen LogP contribution in [0.25, 0.3) is 0 Å². The van der Waals surface area contributed by atoms with E-state index in [9.17, 15) is 0 Å². The SMILES string of the molecule is COc1cc(N2CCC(C)(C)N(C)C(C)(C)C2)ccc1Cl. The minimum absolute atomic E-state index is 0.104. The Morgan fingerprint density at radius 2 is 1.81 bits per heavy atom. The van der Waals surface area contributed by atoms with E-state index in [0.717, 1.165) is 25.3 Å². The summed E-state index contributed by atoms with van der Waals surface area (Å²) in [5.41, 5.74) is 1.47. The molecule has 3 nitrogen and oxygen atoms in total. The summed E-state index contributed by atoms with van der Waals surface area (Å²) in [7, 11) is 3.89. The van der Waals surface area contributed by atoms with Crippen molar-refractivity contribution < 1.29 is 4.74 Å². The van der Waals surface area contributed by atoms with Gasteiger partial charge in [0.25, 0.3) is 0 Å². The zero-order valence-corrected chi connectivity index (χ0v) is 14.8. The molecule has 1 aliphatic heterocycles. The highest BCUT2D eigenvalue weighted by atomic mass is 35.5. The molecule has 0 amide bonds. The van der Waals surface area contributed by atoms with E-state index in [2.05, 4.69) is 50.6 Å². The van der Waals surface area contributed by atoms with Gasteiger partial charge in [0.2, 0.25) is 0 Å². The summed E-state index contributed by atoms with van der Waals surface area (Å²) in [5.74, 6) is 0.740. The van der Waals surface area contributed by atoms with Crippen molar-refractivity contribution >= 4 is 17.3 Å². The van der Waals surface area contributed by atoms with Crippen molar-refractivity contribution in [3.05, 3.63) is 23.2 Å². The van der Waals surface area contributed by atoms with E-state index in [1.165, 1.54) is 5.69 Å². The number of hydrogen-bond acceptors (Lipinski definition) is 3. The van der Waals surface area contributed by atoms with Gasteiger partial charge in [-0.2, -0.15) is 0 Å². The lowest BCUT2D eigenvalue weighted by molar-refractivity contribution is 0.0590. The van der Waals surface area contributed by atoms with E-state index in [1.54, 1.807) is 7.11 Å². The fourth-order valence-corrected chi connectivity index (χ4v) is 3.31. The minimum Gasteiger partial charge on any atom is -0.495 e. The van der Waals surface area contributed by atoms with Gasteiger partial charge < -0.3 is 9.64 Å². The van der Waals surface area contributed by atoms with Crippen molar-refractivity contribution in [2.45, 2.75) is 45.2 Å². The van der Waals surface area contributed by atoms with E-state index in [1.807, 2.05) is 12.1 Å². The van der Waals surface area contributed by atoms with Crippen LogP contribution in [0.5, 0.6) is 5.75 Å². The third-order valence-corrected chi connectivity index (χ3v) is 5.20. The molecule has 1 fully saturated rings. The van der Waals surface area contributed by atoms with Gasteiger partial charge in [-0.05, 0) is 53.3 Å². The average molecular weight is 311 g/mol. The van der Waals surface area contributed by atoms with Crippen LogP contribution < -0.4 is 9.64 Å². The van der Waals surface area contributed by atoms with Crippen molar-refractivity contribution in [2.24, 2.45) is 0 Å². The van der Waals surface area contributed by atoms with Crippen LogP contribution >= 0.6 is 11.6 Å². The zero-order valence-electron chi connectivity index (χ0n) is 14.0.